The van der Waals surface area contributed by atoms with Crippen LogP contribution < -0.4 is 5.32 Å². The van der Waals surface area contributed by atoms with Crippen LogP contribution in [-0.4, -0.2) is 287 Å². The molecule has 0 aromatic carbocycles. The average Bonchev–Trinajstić information content (AvgIpc) is 4.04. The summed E-state index contributed by atoms with van der Waals surface area (Å²) in [5.74, 6) is -1.88. The molecule has 3 aliphatic rings. The van der Waals surface area contributed by atoms with Crippen LogP contribution in [0.1, 0.15) is 32.1 Å². The molecule has 3 heterocycles. The van der Waals surface area contributed by atoms with E-state index < -0.39 is 11.9 Å². The number of carboxylic acid groups (broad SMARTS) is 2. The van der Waals surface area contributed by atoms with Crippen molar-refractivity contribution in [3.05, 3.63) is 0 Å². The Bertz CT molecular complexity index is 1150. The van der Waals surface area contributed by atoms with Crippen LogP contribution in [0.4, 0.5) is 0 Å². The van der Waals surface area contributed by atoms with Gasteiger partial charge in [-0.1, -0.05) is 0 Å². The minimum absolute atomic E-state index is 0.102. The third-order valence-electron chi connectivity index (χ3n) is 9.29. The van der Waals surface area contributed by atoms with E-state index in [-0.39, 0.29) is 58.8 Å². The second-order valence-corrected chi connectivity index (χ2v) is 14.7. The average molecular weight is 956 g/mol. The summed E-state index contributed by atoms with van der Waals surface area (Å²) in [6.07, 6.45) is 7.40. The van der Waals surface area contributed by atoms with Gasteiger partial charge in [0.05, 0.1) is 165 Å². The zero-order valence-corrected chi connectivity index (χ0v) is 39.5. The van der Waals surface area contributed by atoms with E-state index in [1.165, 1.54) is 22.6 Å². The number of carbonyl (C=O) groups excluding carboxylic acids is 4. The molecule has 386 valence electrons. The molecule has 3 saturated heterocycles. The number of nitrogens with one attached hydrogen (secondary N) is 1. The molecule has 0 unspecified atom stereocenters. The van der Waals surface area contributed by atoms with E-state index in [0.29, 0.717) is 125 Å². The smallest absolute Gasteiger partial charge is 0.317 e. The van der Waals surface area contributed by atoms with E-state index in [9.17, 15) is 28.8 Å². The summed E-state index contributed by atoms with van der Waals surface area (Å²) in [6.45, 7) is 13.6. The predicted octanol–water partition coefficient (Wildman–Crippen LogP) is -2.20. The number of aliphatic hydroxyl groups excluding tert-OH is 1. The van der Waals surface area contributed by atoms with Crippen molar-refractivity contribution in [2.24, 2.45) is 0 Å². The first kappa shape index (κ1) is 62.7. The molecule has 0 atom stereocenters. The summed E-state index contributed by atoms with van der Waals surface area (Å²) < 4.78 is 43.4. The Kier molecular flexibility index (Phi) is 44.4. The monoisotopic (exact) mass is 956 g/mol. The molecule has 24 heteroatoms. The first-order valence-electron chi connectivity index (χ1n) is 22.6. The van der Waals surface area contributed by atoms with Crippen LogP contribution in [0.15, 0.2) is 0 Å². The Hall–Kier alpha value is -3.34. The predicted molar refractivity (Wildman–Crippen MR) is 240 cm³/mol. The number of likely N-dealkylation sites (tertiary alicyclic amines) is 2. The SMILES string of the molecule is CNCCOCCOCCOCCOCCOCCOCCOCCOCCC(=O)N1CCCC1.CO.O=CCN1CN(CC=O)CN(CC(=O)O)CN(CC(=O)O)C1.O=CN1CCCC1. The van der Waals surface area contributed by atoms with E-state index in [0.717, 1.165) is 59.1 Å². The van der Waals surface area contributed by atoms with Crippen molar-refractivity contribution < 1.29 is 82.0 Å². The van der Waals surface area contributed by atoms with Gasteiger partial charge in [0.2, 0.25) is 12.3 Å². The fraction of sp³-hybridized carbons (Fsp3) is 0.857. The van der Waals surface area contributed by atoms with Gasteiger partial charge in [-0.25, -0.2) is 0 Å². The van der Waals surface area contributed by atoms with E-state index in [2.05, 4.69) is 5.32 Å². The van der Waals surface area contributed by atoms with Crippen LogP contribution in [0.2, 0.25) is 0 Å². The van der Waals surface area contributed by atoms with Crippen molar-refractivity contribution in [1.29, 1.82) is 0 Å². The minimum Gasteiger partial charge on any atom is -0.480 e. The number of rotatable bonds is 36. The van der Waals surface area contributed by atoms with Crippen molar-refractivity contribution in [3.8, 4) is 0 Å². The Morgan fingerprint density at radius 2 is 0.803 bits per heavy atom. The standard InChI is InChI=1S/C24H48N2O9.C12H20N4O6.C5H9NO.CH4O/c1-25-5-9-29-11-13-31-15-17-33-19-21-35-23-22-34-20-18-32-16-14-30-12-10-28-8-4-24(27)26-6-2-3-7-26;17-3-1-13-7-14(2-4-18)9-16(6-12(21)22)10-15(8-13)5-11(19)20;7-5-6-3-1-2-4-6;1-2/h25H,2-23H2,1H3;3-4H,1-2,5-10H2,(H,19,20)(H,21,22);5H,1-4H2;2H,1H3. The topological polar surface area (TPSA) is 268 Å². The molecular weight excluding hydrogens is 874 g/mol. The molecule has 0 aliphatic carbocycles. The lowest BCUT2D eigenvalue weighted by molar-refractivity contribution is -0.143. The highest BCUT2D eigenvalue weighted by Gasteiger charge is 2.25. The lowest BCUT2D eigenvalue weighted by atomic mass is 10.4. The molecule has 24 nitrogen and oxygen atoms in total. The number of hydrogen-bond acceptors (Lipinski definition) is 20. The largest absolute Gasteiger partial charge is 0.480 e. The number of ether oxygens (including phenoxy) is 8. The Balaban J connectivity index is 0.00000115. The van der Waals surface area contributed by atoms with Crippen LogP contribution in [0.25, 0.3) is 0 Å². The van der Waals surface area contributed by atoms with Gasteiger partial charge in [0.25, 0.3) is 0 Å². The third-order valence-corrected chi connectivity index (χ3v) is 9.29. The lowest BCUT2D eigenvalue weighted by Crippen LogP contribution is -2.56. The number of carbonyl (C=O) groups is 6. The normalized spacial score (nSPS) is 15.9. The number of carboxylic acids is 2. The maximum atomic E-state index is 11.8. The van der Waals surface area contributed by atoms with Gasteiger partial charge in [-0.2, -0.15) is 0 Å². The van der Waals surface area contributed by atoms with Crippen molar-refractivity contribution in [2.75, 3.05) is 205 Å². The first-order chi connectivity index (χ1) is 32.2. The fourth-order valence-corrected chi connectivity index (χ4v) is 6.28. The van der Waals surface area contributed by atoms with Gasteiger partial charge in [0.15, 0.2) is 0 Å². The van der Waals surface area contributed by atoms with Crippen LogP contribution in [0, 0.1) is 0 Å². The number of aliphatic carboxylic acids is 2. The van der Waals surface area contributed by atoms with Crippen LogP contribution >= 0.6 is 0 Å². The van der Waals surface area contributed by atoms with E-state index in [1.807, 2.05) is 11.9 Å². The Morgan fingerprint density at radius 1 is 0.485 bits per heavy atom. The van der Waals surface area contributed by atoms with Crippen molar-refractivity contribution in [3.63, 3.8) is 0 Å². The van der Waals surface area contributed by atoms with Gasteiger partial charge in [0, 0.05) is 39.8 Å². The van der Waals surface area contributed by atoms with Gasteiger partial charge in [-0.05, 0) is 32.7 Å². The zero-order chi connectivity index (χ0) is 48.7. The second-order valence-electron chi connectivity index (χ2n) is 14.7. The first-order valence-corrected chi connectivity index (χ1v) is 22.6. The molecule has 0 aromatic heterocycles. The molecule has 0 aromatic rings. The van der Waals surface area contributed by atoms with Gasteiger partial charge < -0.3 is 77.9 Å². The summed E-state index contributed by atoms with van der Waals surface area (Å²) in [6, 6.07) is 0. The number of likely N-dealkylation sites (N-methyl/N-ethyl adjacent to an activating group) is 1. The molecular formula is C42H81N7O17. The van der Waals surface area contributed by atoms with Crippen LogP contribution in [-0.2, 0) is 66.7 Å². The lowest BCUT2D eigenvalue weighted by Gasteiger charge is -2.40. The van der Waals surface area contributed by atoms with E-state index >= 15 is 0 Å². The van der Waals surface area contributed by atoms with Gasteiger partial charge in [-0.3, -0.25) is 38.8 Å². The van der Waals surface area contributed by atoms with Crippen molar-refractivity contribution in [2.45, 2.75) is 32.1 Å². The summed E-state index contributed by atoms with van der Waals surface area (Å²) in [7, 11) is 2.90. The Morgan fingerprint density at radius 3 is 1.12 bits per heavy atom. The molecule has 0 bridgehead atoms. The molecule has 0 spiro atoms. The maximum absolute atomic E-state index is 11.8. The molecule has 0 saturated carbocycles. The number of hydrogen-bond donors (Lipinski definition) is 4. The third kappa shape index (κ3) is 38.7. The minimum atomic E-state index is -1.04. The quantitative estimate of drug-likeness (QED) is 0.0384. The maximum Gasteiger partial charge on any atom is 0.317 e. The Labute approximate surface area is 390 Å². The summed E-state index contributed by atoms with van der Waals surface area (Å²) in [4.78, 5) is 75.2. The highest BCUT2D eigenvalue weighted by Crippen LogP contribution is 2.09. The molecule has 3 aliphatic heterocycles. The summed E-state index contributed by atoms with van der Waals surface area (Å²) in [5, 5.41) is 27.9. The van der Waals surface area contributed by atoms with Gasteiger partial charge in [0.1, 0.15) is 12.6 Å². The molecule has 66 heavy (non-hydrogen) atoms. The number of aliphatic hydroxyl groups is 1. The highest BCUT2D eigenvalue weighted by molar-refractivity contribution is 5.76. The molecule has 3 fully saturated rings. The second kappa shape index (κ2) is 46.8. The molecule has 4 N–H and O–H groups in total. The zero-order valence-electron chi connectivity index (χ0n) is 39.5. The molecule has 0 radical (unpaired) electrons. The van der Waals surface area contributed by atoms with Crippen LogP contribution in [0.5, 0.6) is 0 Å². The fourth-order valence-electron chi connectivity index (χ4n) is 6.28. The number of aldehydes is 2. The number of amides is 2. The van der Waals surface area contributed by atoms with Crippen LogP contribution in [0.3, 0.4) is 0 Å². The number of nitrogens with zero attached hydrogens (tertiary/aromatic N) is 6. The van der Waals surface area contributed by atoms with Crippen molar-refractivity contribution >= 4 is 36.8 Å². The van der Waals surface area contributed by atoms with E-state index in [4.69, 9.17) is 53.2 Å². The summed E-state index contributed by atoms with van der Waals surface area (Å²) in [5.41, 5.74) is 0. The van der Waals surface area contributed by atoms with Gasteiger partial charge in [-0.15, -0.1) is 0 Å². The molecule has 2 amide bonds. The van der Waals surface area contributed by atoms with Crippen molar-refractivity contribution in [1.82, 2.24) is 34.7 Å². The van der Waals surface area contributed by atoms with E-state index in [1.54, 1.807) is 14.7 Å². The summed E-state index contributed by atoms with van der Waals surface area (Å²) >= 11 is 0. The molecule has 3 rings (SSSR count). The highest BCUT2D eigenvalue weighted by atomic mass is 16.6. The van der Waals surface area contributed by atoms with Gasteiger partial charge >= 0.3 is 11.9 Å².